The Morgan fingerprint density at radius 1 is 1.16 bits per heavy atom. The molecule has 4 rings (SSSR count). The molecule has 0 radical (unpaired) electrons. The molecule has 0 bridgehead atoms. The lowest BCUT2D eigenvalue weighted by Gasteiger charge is -2.15. The number of rotatable bonds is 6. The molecule has 0 aliphatic heterocycles. The summed E-state index contributed by atoms with van der Waals surface area (Å²) < 4.78 is 33.6. The van der Waals surface area contributed by atoms with Crippen LogP contribution in [0, 0.1) is 6.92 Å². The number of carbonyl (C=O) groups is 1. The molecule has 2 N–H and O–H groups in total. The van der Waals surface area contributed by atoms with Gasteiger partial charge in [0, 0.05) is 30.1 Å². The molecule has 166 valence electrons. The minimum absolute atomic E-state index is 0.142. The zero-order valence-corrected chi connectivity index (χ0v) is 19.0. The number of nitrogens with zero attached hydrogens (tertiary/aromatic N) is 2. The zero-order chi connectivity index (χ0) is 23.0. The van der Waals surface area contributed by atoms with Crippen molar-refractivity contribution >= 4 is 32.8 Å². The molecule has 8 nitrogen and oxygen atoms in total. The number of hydrogen-bond acceptors (Lipinski definition) is 5. The number of ether oxygens (including phenoxy) is 1. The molecule has 0 spiro atoms. The number of amides is 1. The highest BCUT2D eigenvalue weighted by molar-refractivity contribution is 7.90. The number of fused-ring (bicyclic) bond motifs is 1. The molecule has 0 fully saturated rings. The largest absolute Gasteiger partial charge is 0.495 e. The lowest BCUT2D eigenvalue weighted by molar-refractivity contribution is -0.114. The molecule has 9 heteroatoms. The summed E-state index contributed by atoms with van der Waals surface area (Å²) in [4.78, 5) is 18.8. The molecule has 0 aliphatic rings. The highest BCUT2D eigenvalue weighted by Gasteiger charge is 2.24. The van der Waals surface area contributed by atoms with Crippen LogP contribution in [0.3, 0.4) is 0 Å². The van der Waals surface area contributed by atoms with E-state index in [4.69, 9.17) is 4.74 Å². The predicted molar refractivity (Wildman–Crippen MR) is 123 cm³/mol. The molecular weight excluding hydrogens is 428 g/mol. The molecule has 0 unspecified atom stereocenters. The number of H-pyrrole nitrogens is 1. The predicted octanol–water partition coefficient (Wildman–Crippen LogP) is 4.03. The van der Waals surface area contributed by atoms with Crippen LogP contribution < -0.4 is 10.1 Å². The van der Waals surface area contributed by atoms with Crippen LogP contribution in [0.25, 0.3) is 10.9 Å². The first kappa shape index (κ1) is 21.6. The van der Waals surface area contributed by atoms with Crippen molar-refractivity contribution in [1.29, 1.82) is 0 Å². The third-order valence-electron chi connectivity index (χ3n) is 5.43. The summed E-state index contributed by atoms with van der Waals surface area (Å²) in [7, 11) is -2.30. The van der Waals surface area contributed by atoms with Crippen LogP contribution in [0.2, 0.25) is 0 Å². The first-order chi connectivity index (χ1) is 15.2. The number of aromatic nitrogens is 3. The number of hydrogen-bond donors (Lipinski definition) is 2. The Labute approximate surface area is 186 Å². The van der Waals surface area contributed by atoms with Crippen LogP contribution in [0.1, 0.15) is 36.6 Å². The summed E-state index contributed by atoms with van der Waals surface area (Å²) in [5.41, 5.74) is 3.14. The van der Waals surface area contributed by atoms with Crippen LogP contribution >= 0.6 is 0 Å². The Morgan fingerprint density at radius 2 is 1.88 bits per heavy atom. The molecular formula is C23H24N4O4S. The van der Waals surface area contributed by atoms with E-state index in [1.54, 1.807) is 48.8 Å². The lowest BCUT2D eigenvalue weighted by Crippen LogP contribution is -2.12. The van der Waals surface area contributed by atoms with Crippen LogP contribution in [0.4, 0.5) is 5.95 Å². The first-order valence-corrected chi connectivity index (χ1v) is 11.5. The third kappa shape index (κ3) is 3.75. The topological polar surface area (TPSA) is 106 Å². The van der Waals surface area contributed by atoms with Crippen LogP contribution in [-0.2, 0) is 14.8 Å². The number of aryl methyl sites for hydroxylation is 1. The number of anilines is 1. The van der Waals surface area contributed by atoms with Gasteiger partial charge in [0.1, 0.15) is 11.3 Å². The molecule has 2 heterocycles. The van der Waals surface area contributed by atoms with Crippen molar-refractivity contribution in [3.63, 3.8) is 0 Å². The van der Waals surface area contributed by atoms with E-state index in [2.05, 4.69) is 15.3 Å². The SMILES string of the molecule is COc1ccc([C@H](C)c2cnc(NC(C)=O)[nH]2)c2ccn(S(=O)(=O)c3ccc(C)cc3)c12. The van der Waals surface area contributed by atoms with Gasteiger partial charge >= 0.3 is 0 Å². The standard InChI is InChI=1S/C23H24N4O4S/c1-14-5-7-17(8-6-14)32(29,30)27-12-11-19-18(9-10-21(31-4)22(19)27)15(2)20-13-24-23(26-20)25-16(3)28/h5-13,15H,1-4H3,(H2,24,25,26,28)/t15-/m0/s1. The van der Waals surface area contributed by atoms with E-state index < -0.39 is 10.0 Å². The second-order valence-corrected chi connectivity index (χ2v) is 9.45. The zero-order valence-electron chi connectivity index (χ0n) is 18.2. The fraction of sp³-hybridized carbons (Fsp3) is 0.217. The fourth-order valence-electron chi connectivity index (χ4n) is 3.74. The van der Waals surface area contributed by atoms with Crippen molar-refractivity contribution in [3.8, 4) is 5.75 Å². The van der Waals surface area contributed by atoms with Crippen molar-refractivity contribution in [1.82, 2.24) is 13.9 Å². The number of benzene rings is 2. The molecule has 2 aromatic heterocycles. The Bertz CT molecular complexity index is 1400. The third-order valence-corrected chi connectivity index (χ3v) is 7.12. The van der Waals surface area contributed by atoms with E-state index in [0.717, 1.165) is 22.2 Å². The van der Waals surface area contributed by atoms with Crippen molar-refractivity contribution < 1.29 is 17.9 Å². The molecule has 0 saturated heterocycles. The normalized spacial score (nSPS) is 12.6. The quantitative estimate of drug-likeness (QED) is 0.459. The number of nitrogens with one attached hydrogen (secondary N) is 2. The second-order valence-electron chi connectivity index (χ2n) is 7.64. The molecule has 1 atom stereocenters. The van der Waals surface area contributed by atoms with E-state index in [1.807, 2.05) is 19.9 Å². The molecule has 0 aliphatic carbocycles. The van der Waals surface area contributed by atoms with Crippen LogP contribution in [0.5, 0.6) is 5.75 Å². The van der Waals surface area contributed by atoms with Crippen molar-refractivity contribution in [2.75, 3.05) is 12.4 Å². The Kier molecular flexibility index (Phi) is 5.52. The maximum Gasteiger partial charge on any atom is 0.268 e. The smallest absolute Gasteiger partial charge is 0.268 e. The van der Waals surface area contributed by atoms with E-state index >= 15 is 0 Å². The van der Waals surface area contributed by atoms with Gasteiger partial charge in [0.15, 0.2) is 0 Å². The second kappa shape index (κ2) is 8.16. The van der Waals surface area contributed by atoms with E-state index in [-0.39, 0.29) is 16.7 Å². The van der Waals surface area contributed by atoms with Crippen molar-refractivity contribution in [3.05, 3.63) is 71.7 Å². The summed E-state index contributed by atoms with van der Waals surface area (Å²) >= 11 is 0. The minimum atomic E-state index is -3.82. The first-order valence-electron chi connectivity index (χ1n) is 10.0. The average Bonchev–Trinajstić information content (AvgIpc) is 3.40. The van der Waals surface area contributed by atoms with Gasteiger partial charge in [-0.3, -0.25) is 10.1 Å². The maximum atomic E-state index is 13.4. The average molecular weight is 453 g/mol. The minimum Gasteiger partial charge on any atom is -0.495 e. The summed E-state index contributed by atoms with van der Waals surface area (Å²) in [6, 6.07) is 12.2. The van der Waals surface area contributed by atoms with Gasteiger partial charge in [-0.25, -0.2) is 17.4 Å². The van der Waals surface area contributed by atoms with Gasteiger partial charge < -0.3 is 9.72 Å². The number of carbonyl (C=O) groups excluding carboxylic acids is 1. The van der Waals surface area contributed by atoms with Gasteiger partial charge in [-0.1, -0.05) is 30.7 Å². The highest BCUT2D eigenvalue weighted by Crippen LogP contribution is 2.37. The Balaban J connectivity index is 1.84. The van der Waals surface area contributed by atoms with E-state index in [0.29, 0.717) is 17.2 Å². The van der Waals surface area contributed by atoms with Crippen LogP contribution in [0.15, 0.2) is 59.8 Å². The maximum absolute atomic E-state index is 13.4. The van der Waals surface area contributed by atoms with Gasteiger partial charge in [0.05, 0.1) is 18.2 Å². The van der Waals surface area contributed by atoms with Gasteiger partial charge in [0.25, 0.3) is 10.0 Å². The van der Waals surface area contributed by atoms with Gasteiger partial charge in [-0.2, -0.15) is 0 Å². The molecule has 32 heavy (non-hydrogen) atoms. The van der Waals surface area contributed by atoms with Crippen molar-refractivity contribution in [2.24, 2.45) is 0 Å². The molecule has 2 aromatic carbocycles. The Hall–Kier alpha value is -3.59. The molecule has 0 saturated carbocycles. The molecule has 4 aromatic rings. The van der Waals surface area contributed by atoms with E-state index in [1.165, 1.54) is 18.0 Å². The molecule has 1 amide bonds. The summed E-state index contributed by atoms with van der Waals surface area (Å²) in [5.74, 6) is 0.462. The highest BCUT2D eigenvalue weighted by atomic mass is 32.2. The fourth-order valence-corrected chi connectivity index (χ4v) is 5.10. The summed E-state index contributed by atoms with van der Waals surface area (Å²) in [6.45, 7) is 5.30. The van der Waals surface area contributed by atoms with Gasteiger partial charge in [-0.05, 0) is 36.8 Å². The number of methoxy groups -OCH3 is 1. The number of aromatic amines is 1. The van der Waals surface area contributed by atoms with Gasteiger partial charge in [-0.15, -0.1) is 0 Å². The summed E-state index contributed by atoms with van der Waals surface area (Å²) in [5, 5.41) is 3.38. The number of imidazole rings is 1. The van der Waals surface area contributed by atoms with E-state index in [9.17, 15) is 13.2 Å². The van der Waals surface area contributed by atoms with Gasteiger partial charge in [0.2, 0.25) is 11.9 Å². The van der Waals surface area contributed by atoms with Crippen LogP contribution in [-0.4, -0.2) is 35.4 Å². The monoisotopic (exact) mass is 452 g/mol. The van der Waals surface area contributed by atoms with Crippen molar-refractivity contribution in [2.45, 2.75) is 31.6 Å². The Morgan fingerprint density at radius 3 is 2.53 bits per heavy atom. The summed E-state index contributed by atoms with van der Waals surface area (Å²) in [6.07, 6.45) is 3.21. The lowest BCUT2D eigenvalue weighted by atomic mass is 9.95.